The van der Waals surface area contributed by atoms with Gasteiger partial charge in [0.05, 0.1) is 0 Å². The van der Waals surface area contributed by atoms with E-state index in [1.807, 2.05) is 0 Å². The molecule has 1 rings (SSSR count). The number of hydrogen-bond acceptors (Lipinski definition) is 1. The molecule has 0 heterocycles. The van der Waals surface area contributed by atoms with Crippen molar-refractivity contribution in [1.29, 1.82) is 0 Å². The minimum atomic E-state index is 1.22. The van der Waals surface area contributed by atoms with E-state index in [-0.39, 0.29) is 0 Å². The Balaban J connectivity index is 2.15. The van der Waals surface area contributed by atoms with Crippen LogP contribution >= 0.6 is 0 Å². The van der Waals surface area contributed by atoms with Crippen LogP contribution in [0, 0.1) is 6.92 Å². The second-order valence-corrected chi connectivity index (χ2v) is 4.60. The zero-order valence-corrected chi connectivity index (χ0v) is 10.3. The number of aryl methyl sites for hydroxylation is 2. The normalized spacial score (nSPS) is 10.9. The van der Waals surface area contributed by atoms with Crippen molar-refractivity contribution in [3.63, 3.8) is 0 Å². The quantitative estimate of drug-likeness (QED) is 0.644. The summed E-state index contributed by atoms with van der Waals surface area (Å²) >= 11 is 0. The molecule has 1 nitrogen and oxygen atoms in total. The highest BCUT2D eigenvalue weighted by Gasteiger charge is 1.95. The third-order valence-corrected chi connectivity index (χ3v) is 2.65. The molecular weight excluding hydrogens is 182 g/mol. The van der Waals surface area contributed by atoms with Crippen LogP contribution < -0.4 is 0 Å². The fourth-order valence-electron chi connectivity index (χ4n) is 1.80. The largest absolute Gasteiger partial charge is 0.309 e. The van der Waals surface area contributed by atoms with Gasteiger partial charge >= 0.3 is 0 Å². The average Bonchev–Trinajstić information content (AvgIpc) is 2.17. The summed E-state index contributed by atoms with van der Waals surface area (Å²) in [4.78, 5) is 2.26. The first-order chi connectivity index (χ1) is 7.18. The molecule has 0 aliphatic rings. The topological polar surface area (TPSA) is 3.24 Å². The van der Waals surface area contributed by atoms with Crippen LogP contribution in [0.2, 0.25) is 0 Å². The molecule has 0 saturated carbocycles. The second kappa shape index (κ2) is 6.62. The lowest BCUT2D eigenvalue weighted by Gasteiger charge is -2.08. The third kappa shape index (κ3) is 5.58. The molecule has 0 fully saturated rings. The van der Waals surface area contributed by atoms with Crippen LogP contribution in [0.3, 0.4) is 0 Å². The first kappa shape index (κ1) is 12.3. The summed E-state index contributed by atoms with van der Waals surface area (Å²) in [6, 6.07) is 8.85. The van der Waals surface area contributed by atoms with Gasteiger partial charge in [-0.15, -0.1) is 0 Å². The third-order valence-electron chi connectivity index (χ3n) is 2.65. The summed E-state index contributed by atoms with van der Waals surface area (Å²) in [6.07, 6.45) is 5.21. The van der Waals surface area contributed by atoms with Crippen LogP contribution in [0.25, 0.3) is 0 Å². The van der Waals surface area contributed by atoms with E-state index in [2.05, 4.69) is 50.2 Å². The van der Waals surface area contributed by atoms with Gasteiger partial charge in [0.15, 0.2) is 0 Å². The molecule has 84 valence electrons. The van der Waals surface area contributed by atoms with Gasteiger partial charge in [0.1, 0.15) is 0 Å². The number of hydrogen-bond donors (Lipinski definition) is 0. The molecule has 0 unspecified atom stereocenters. The maximum atomic E-state index is 2.30. The van der Waals surface area contributed by atoms with Crippen LogP contribution in [-0.2, 0) is 6.42 Å². The highest BCUT2D eigenvalue weighted by molar-refractivity contribution is 5.22. The zero-order valence-electron chi connectivity index (χ0n) is 10.3. The minimum Gasteiger partial charge on any atom is -0.309 e. The summed E-state index contributed by atoms with van der Waals surface area (Å²) in [6.45, 7) is 3.38. The monoisotopic (exact) mass is 205 g/mol. The SMILES string of the molecule is Cc1cccc(CCCCCN(C)C)c1. The summed E-state index contributed by atoms with van der Waals surface area (Å²) < 4.78 is 0. The van der Waals surface area contributed by atoms with E-state index in [9.17, 15) is 0 Å². The van der Waals surface area contributed by atoms with Gasteiger partial charge in [0.25, 0.3) is 0 Å². The molecule has 0 amide bonds. The van der Waals surface area contributed by atoms with Crippen molar-refractivity contribution in [2.75, 3.05) is 20.6 Å². The molecule has 0 aliphatic carbocycles. The average molecular weight is 205 g/mol. The molecule has 1 heteroatoms. The van der Waals surface area contributed by atoms with E-state index in [1.165, 1.54) is 43.4 Å². The summed E-state index contributed by atoms with van der Waals surface area (Å²) in [5.41, 5.74) is 2.86. The molecule has 0 bridgehead atoms. The van der Waals surface area contributed by atoms with Crippen molar-refractivity contribution >= 4 is 0 Å². The molecular formula is C14H23N. The van der Waals surface area contributed by atoms with Crippen LogP contribution in [0.5, 0.6) is 0 Å². The fraction of sp³-hybridized carbons (Fsp3) is 0.571. The Kier molecular flexibility index (Phi) is 5.41. The first-order valence-corrected chi connectivity index (χ1v) is 5.89. The van der Waals surface area contributed by atoms with Gasteiger partial charge < -0.3 is 4.90 Å². The lowest BCUT2D eigenvalue weighted by Crippen LogP contribution is -2.12. The van der Waals surface area contributed by atoms with Crippen molar-refractivity contribution in [2.24, 2.45) is 0 Å². The maximum Gasteiger partial charge on any atom is -0.00248 e. The Labute approximate surface area is 94.1 Å². The van der Waals surface area contributed by atoms with Crippen LogP contribution in [0.1, 0.15) is 30.4 Å². The first-order valence-electron chi connectivity index (χ1n) is 5.89. The number of benzene rings is 1. The van der Waals surface area contributed by atoms with Gasteiger partial charge in [-0.3, -0.25) is 0 Å². The number of nitrogens with zero attached hydrogens (tertiary/aromatic N) is 1. The molecule has 1 aromatic carbocycles. The van der Waals surface area contributed by atoms with E-state index in [1.54, 1.807) is 0 Å². The van der Waals surface area contributed by atoms with Crippen molar-refractivity contribution in [2.45, 2.75) is 32.6 Å². The Morgan fingerprint density at radius 3 is 2.53 bits per heavy atom. The maximum absolute atomic E-state index is 2.30. The van der Waals surface area contributed by atoms with Crippen molar-refractivity contribution in [1.82, 2.24) is 4.90 Å². The van der Waals surface area contributed by atoms with Crippen LogP contribution in [0.4, 0.5) is 0 Å². The fourth-order valence-corrected chi connectivity index (χ4v) is 1.80. The number of rotatable bonds is 6. The van der Waals surface area contributed by atoms with E-state index in [0.717, 1.165) is 0 Å². The molecule has 0 aromatic heterocycles. The summed E-state index contributed by atoms with van der Waals surface area (Å²) in [5, 5.41) is 0. The van der Waals surface area contributed by atoms with E-state index in [4.69, 9.17) is 0 Å². The highest BCUT2D eigenvalue weighted by Crippen LogP contribution is 2.08. The number of unbranched alkanes of at least 4 members (excludes halogenated alkanes) is 2. The molecule has 0 radical (unpaired) electrons. The molecule has 0 spiro atoms. The molecule has 15 heavy (non-hydrogen) atoms. The van der Waals surface area contributed by atoms with Crippen LogP contribution in [0.15, 0.2) is 24.3 Å². The van der Waals surface area contributed by atoms with Gasteiger partial charge in [0.2, 0.25) is 0 Å². The lowest BCUT2D eigenvalue weighted by molar-refractivity contribution is 0.391. The van der Waals surface area contributed by atoms with Crippen molar-refractivity contribution in [3.05, 3.63) is 35.4 Å². The summed E-state index contributed by atoms with van der Waals surface area (Å²) in [7, 11) is 4.28. The Morgan fingerprint density at radius 1 is 1.07 bits per heavy atom. The predicted octanol–water partition coefficient (Wildman–Crippen LogP) is 3.27. The van der Waals surface area contributed by atoms with Crippen LogP contribution in [-0.4, -0.2) is 25.5 Å². The van der Waals surface area contributed by atoms with E-state index < -0.39 is 0 Å². The smallest absolute Gasteiger partial charge is 0.00248 e. The van der Waals surface area contributed by atoms with Crippen molar-refractivity contribution in [3.8, 4) is 0 Å². The molecule has 0 N–H and O–H groups in total. The van der Waals surface area contributed by atoms with E-state index >= 15 is 0 Å². The highest BCUT2D eigenvalue weighted by atomic mass is 15.0. The van der Waals surface area contributed by atoms with Gasteiger partial charge in [0, 0.05) is 0 Å². The van der Waals surface area contributed by atoms with Gasteiger partial charge in [-0.25, -0.2) is 0 Å². The predicted molar refractivity (Wildman–Crippen MR) is 67.3 cm³/mol. The van der Waals surface area contributed by atoms with Gasteiger partial charge in [-0.1, -0.05) is 36.2 Å². The molecule has 0 saturated heterocycles. The second-order valence-electron chi connectivity index (χ2n) is 4.60. The summed E-state index contributed by atoms with van der Waals surface area (Å²) in [5.74, 6) is 0. The zero-order chi connectivity index (χ0) is 11.1. The Bertz CT molecular complexity index is 278. The standard InChI is InChI=1S/C14H23N/c1-13-8-7-10-14(12-13)9-5-4-6-11-15(2)3/h7-8,10,12H,4-6,9,11H2,1-3H3. The van der Waals surface area contributed by atoms with Crippen molar-refractivity contribution < 1.29 is 0 Å². The molecule has 1 aromatic rings. The van der Waals surface area contributed by atoms with Gasteiger partial charge in [-0.05, 0) is 52.4 Å². The van der Waals surface area contributed by atoms with E-state index in [0.29, 0.717) is 0 Å². The lowest BCUT2D eigenvalue weighted by atomic mass is 10.1. The Hall–Kier alpha value is -0.820. The Morgan fingerprint density at radius 2 is 1.87 bits per heavy atom. The minimum absolute atomic E-state index is 1.22. The van der Waals surface area contributed by atoms with Gasteiger partial charge in [-0.2, -0.15) is 0 Å². The molecule has 0 atom stereocenters. The molecule has 0 aliphatic heterocycles.